The van der Waals surface area contributed by atoms with Gasteiger partial charge in [0, 0.05) is 30.4 Å². The highest BCUT2D eigenvalue weighted by molar-refractivity contribution is 5.43. The van der Waals surface area contributed by atoms with Crippen LogP contribution in [0.5, 0.6) is 5.75 Å². The molecule has 5 nitrogen and oxygen atoms in total. The lowest BCUT2D eigenvalue weighted by atomic mass is 10.0. The molecule has 0 N–H and O–H groups in total. The summed E-state index contributed by atoms with van der Waals surface area (Å²) in [5.74, 6) is -0.395. The van der Waals surface area contributed by atoms with Crippen LogP contribution in [0.3, 0.4) is 0 Å². The van der Waals surface area contributed by atoms with Gasteiger partial charge in [0.05, 0.1) is 25.8 Å². The van der Waals surface area contributed by atoms with Crippen LogP contribution < -0.4 is 9.64 Å². The summed E-state index contributed by atoms with van der Waals surface area (Å²) in [4.78, 5) is 10.7. The minimum absolute atomic E-state index is 0.153. The largest absolute Gasteiger partial charge is 0.496 e. The highest BCUT2D eigenvalue weighted by Gasteiger charge is 2.28. The first-order valence-electron chi connectivity index (χ1n) is 8.82. The Morgan fingerprint density at radius 2 is 2.12 bits per heavy atom. The third kappa shape index (κ3) is 4.09. The lowest BCUT2D eigenvalue weighted by Gasteiger charge is -2.34. The first-order valence-corrected chi connectivity index (χ1v) is 8.82. The highest BCUT2D eigenvalue weighted by Crippen LogP contribution is 2.34. The predicted octanol–water partition coefficient (Wildman–Crippen LogP) is 3.68. The van der Waals surface area contributed by atoms with Crippen LogP contribution in [-0.2, 0) is 11.2 Å². The second kappa shape index (κ2) is 8.40. The molecular formula is C19H23F2N3O2. The van der Waals surface area contributed by atoms with Gasteiger partial charge < -0.3 is 14.4 Å². The number of rotatable bonds is 6. The van der Waals surface area contributed by atoms with Crippen molar-refractivity contribution in [1.29, 1.82) is 0 Å². The van der Waals surface area contributed by atoms with E-state index in [4.69, 9.17) is 9.47 Å². The zero-order valence-electron chi connectivity index (χ0n) is 15.0. The molecule has 0 spiro atoms. The number of aromatic nitrogens is 2. The van der Waals surface area contributed by atoms with Gasteiger partial charge >= 0.3 is 0 Å². The topological polar surface area (TPSA) is 47.5 Å². The fraction of sp³-hybridized carbons (Fsp3) is 0.474. The standard InChI is InChI=1S/C19H23F2N3O2/c1-3-4-5-14-10-18(23-12-22-14)24-6-7-26-17(11-24)19-15(21)8-13(20)9-16(19)25-2/h8-10,12,17H,3-7,11H2,1-2H3. The van der Waals surface area contributed by atoms with Crippen molar-refractivity contribution < 1.29 is 18.3 Å². The Hall–Kier alpha value is -2.28. The number of ether oxygens (including phenoxy) is 2. The van der Waals surface area contributed by atoms with E-state index in [1.807, 2.05) is 11.0 Å². The van der Waals surface area contributed by atoms with Crippen LogP contribution in [0.25, 0.3) is 0 Å². The molecule has 2 aromatic rings. The van der Waals surface area contributed by atoms with Gasteiger partial charge in [-0.05, 0) is 12.8 Å². The normalized spacial score (nSPS) is 17.4. The summed E-state index contributed by atoms with van der Waals surface area (Å²) in [5.41, 5.74) is 1.23. The zero-order chi connectivity index (χ0) is 18.5. The lowest BCUT2D eigenvalue weighted by molar-refractivity contribution is 0.0355. The van der Waals surface area contributed by atoms with Crippen molar-refractivity contribution >= 4 is 5.82 Å². The first-order chi connectivity index (χ1) is 12.6. The minimum Gasteiger partial charge on any atom is -0.496 e. The van der Waals surface area contributed by atoms with Crippen LogP contribution in [0.2, 0.25) is 0 Å². The Balaban J connectivity index is 1.82. The maximum atomic E-state index is 14.4. The van der Waals surface area contributed by atoms with E-state index >= 15 is 0 Å². The molecule has 3 rings (SSSR count). The van der Waals surface area contributed by atoms with Crippen LogP contribution in [0, 0.1) is 11.6 Å². The summed E-state index contributed by atoms with van der Waals surface area (Å²) < 4.78 is 38.7. The molecule has 1 fully saturated rings. The Morgan fingerprint density at radius 1 is 1.27 bits per heavy atom. The number of hydrogen-bond acceptors (Lipinski definition) is 5. The molecule has 1 aliphatic rings. The van der Waals surface area contributed by atoms with E-state index in [1.54, 1.807) is 6.33 Å². The van der Waals surface area contributed by atoms with E-state index in [2.05, 4.69) is 16.9 Å². The van der Waals surface area contributed by atoms with E-state index in [-0.39, 0.29) is 11.3 Å². The molecule has 2 heterocycles. The molecule has 0 radical (unpaired) electrons. The summed E-state index contributed by atoms with van der Waals surface area (Å²) in [6.07, 6.45) is 4.07. The lowest BCUT2D eigenvalue weighted by Crippen LogP contribution is -2.39. The number of benzene rings is 1. The van der Waals surface area contributed by atoms with Crippen molar-refractivity contribution in [3.63, 3.8) is 0 Å². The van der Waals surface area contributed by atoms with Gasteiger partial charge in [0.2, 0.25) is 0 Å². The van der Waals surface area contributed by atoms with E-state index < -0.39 is 17.7 Å². The smallest absolute Gasteiger partial charge is 0.135 e. The van der Waals surface area contributed by atoms with E-state index in [0.717, 1.165) is 36.8 Å². The number of aryl methyl sites for hydroxylation is 1. The number of hydrogen-bond donors (Lipinski definition) is 0. The van der Waals surface area contributed by atoms with Gasteiger partial charge in [0.25, 0.3) is 0 Å². The summed E-state index contributed by atoms with van der Waals surface area (Å²) in [6.45, 7) is 3.60. The van der Waals surface area contributed by atoms with Crippen molar-refractivity contribution in [2.75, 3.05) is 31.7 Å². The summed E-state index contributed by atoms with van der Waals surface area (Å²) in [7, 11) is 1.39. The number of methoxy groups -OCH3 is 1. The zero-order valence-corrected chi connectivity index (χ0v) is 15.0. The molecule has 26 heavy (non-hydrogen) atoms. The highest BCUT2D eigenvalue weighted by atomic mass is 19.1. The molecule has 1 saturated heterocycles. The van der Waals surface area contributed by atoms with Crippen LogP contribution in [0.1, 0.15) is 37.1 Å². The van der Waals surface area contributed by atoms with E-state index in [1.165, 1.54) is 13.2 Å². The van der Waals surface area contributed by atoms with Gasteiger partial charge in [-0.25, -0.2) is 18.7 Å². The molecule has 0 amide bonds. The molecule has 1 atom stereocenters. The fourth-order valence-electron chi connectivity index (χ4n) is 3.13. The average molecular weight is 363 g/mol. The first kappa shape index (κ1) is 18.5. The molecule has 1 unspecified atom stereocenters. The van der Waals surface area contributed by atoms with Crippen molar-refractivity contribution in [2.45, 2.75) is 32.3 Å². The number of morpholine rings is 1. The van der Waals surface area contributed by atoms with Crippen molar-refractivity contribution in [3.05, 3.63) is 47.4 Å². The van der Waals surface area contributed by atoms with Gasteiger partial charge in [0.1, 0.15) is 35.6 Å². The molecule has 1 aliphatic heterocycles. The Labute approximate surface area is 152 Å². The van der Waals surface area contributed by atoms with Gasteiger partial charge in [-0.15, -0.1) is 0 Å². The molecule has 7 heteroatoms. The van der Waals surface area contributed by atoms with Crippen LogP contribution >= 0.6 is 0 Å². The Morgan fingerprint density at radius 3 is 2.88 bits per heavy atom. The number of nitrogens with zero attached hydrogens (tertiary/aromatic N) is 3. The quantitative estimate of drug-likeness (QED) is 0.783. The number of anilines is 1. The van der Waals surface area contributed by atoms with Gasteiger partial charge in [-0.3, -0.25) is 0 Å². The third-order valence-electron chi connectivity index (χ3n) is 4.48. The molecule has 140 valence electrons. The molecule has 0 bridgehead atoms. The number of halogens is 2. The van der Waals surface area contributed by atoms with Crippen molar-refractivity contribution in [2.24, 2.45) is 0 Å². The second-order valence-electron chi connectivity index (χ2n) is 6.28. The van der Waals surface area contributed by atoms with Crippen LogP contribution in [0.15, 0.2) is 24.5 Å². The number of unbranched alkanes of at least 4 members (excludes halogenated alkanes) is 1. The predicted molar refractivity (Wildman–Crippen MR) is 94.5 cm³/mol. The summed E-state index contributed by atoms with van der Waals surface area (Å²) in [6, 6.07) is 4.00. The SMILES string of the molecule is CCCCc1cc(N2CCOC(c3c(F)cc(F)cc3OC)C2)ncn1. The maximum absolute atomic E-state index is 14.4. The van der Waals surface area contributed by atoms with Gasteiger partial charge in [-0.2, -0.15) is 0 Å². The van der Waals surface area contributed by atoms with E-state index in [0.29, 0.717) is 19.7 Å². The maximum Gasteiger partial charge on any atom is 0.135 e. The molecule has 0 saturated carbocycles. The Kier molecular flexibility index (Phi) is 5.98. The van der Waals surface area contributed by atoms with Crippen LogP contribution in [0.4, 0.5) is 14.6 Å². The Bertz CT molecular complexity index is 758. The molecule has 0 aliphatic carbocycles. The third-order valence-corrected chi connectivity index (χ3v) is 4.48. The molecular weight excluding hydrogens is 340 g/mol. The second-order valence-corrected chi connectivity index (χ2v) is 6.28. The monoisotopic (exact) mass is 363 g/mol. The minimum atomic E-state index is -0.674. The van der Waals surface area contributed by atoms with E-state index in [9.17, 15) is 8.78 Å². The van der Waals surface area contributed by atoms with Crippen molar-refractivity contribution in [3.8, 4) is 5.75 Å². The molecule has 1 aromatic carbocycles. The summed E-state index contributed by atoms with van der Waals surface area (Å²) >= 11 is 0. The molecule has 1 aromatic heterocycles. The fourth-order valence-corrected chi connectivity index (χ4v) is 3.13. The average Bonchev–Trinajstić information content (AvgIpc) is 2.66. The summed E-state index contributed by atoms with van der Waals surface area (Å²) in [5, 5.41) is 0. The van der Waals surface area contributed by atoms with Gasteiger partial charge in [-0.1, -0.05) is 13.3 Å². The van der Waals surface area contributed by atoms with Crippen molar-refractivity contribution in [1.82, 2.24) is 9.97 Å². The van der Waals surface area contributed by atoms with Gasteiger partial charge in [0.15, 0.2) is 0 Å². The van der Waals surface area contributed by atoms with Crippen LogP contribution in [-0.4, -0.2) is 36.8 Å².